The molecule has 2 aliphatic rings. The zero-order valence-corrected chi connectivity index (χ0v) is 21.5. The van der Waals surface area contributed by atoms with Gasteiger partial charge in [0.15, 0.2) is 11.8 Å². The summed E-state index contributed by atoms with van der Waals surface area (Å²) in [6.45, 7) is 7.59. The van der Waals surface area contributed by atoms with Crippen molar-refractivity contribution in [3.63, 3.8) is 0 Å². The second kappa shape index (κ2) is 10.6. The molecule has 2 aromatic rings. The number of carbonyl (C=O) groups excluding carboxylic acids is 2. The number of hydrogen-bond donors (Lipinski definition) is 1. The van der Waals surface area contributed by atoms with Crippen LogP contribution in [0.3, 0.4) is 0 Å². The van der Waals surface area contributed by atoms with Gasteiger partial charge in [-0.15, -0.1) is 0 Å². The monoisotopic (exact) mass is 511 g/mol. The molecule has 0 bridgehead atoms. The second-order valence-electron chi connectivity index (χ2n) is 8.17. The zero-order chi connectivity index (χ0) is 25.1. The predicted octanol–water partition coefficient (Wildman–Crippen LogP) is 5.74. The fraction of sp³-hybridized carbons (Fsp3) is 0.269. The number of benzene rings is 2. The highest BCUT2D eigenvalue weighted by molar-refractivity contribution is 8.16. The van der Waals surface area contributed by atoms with Gasteiger partial charge in [-0.05, 0) is 62.4 Å². The molecule has 1 atom stereocenters. The Labute approximate surface area is 213 Å². The molecule has 1 N–H and O–H groups in total. The van der Waals surface area contributed by atoms with E-state index in [0.717, 1.165) is 27.5 Å². The maximum Gasteiger partial charge on any atom is 0.338 e. The Hall–Kier alpha value is -3.23. The van der Waals surface area contributed by atoms with Crippen LogP contribution in [0.25, 0.3) is 0 Å². The summed E-state index contributed by atoms with van der Waals surface area (Å²) in [6.07, 6.45) is 1.88. The molecule has 0 radical (unpaired) electrons. The summed E-state index contributed by atoms with van der Waals surface area (Å²) in [4.78, 5) is 31.7. The van der Waals surface area contributed by atoms with Crippen LogP contribution >= 0.6 is 23.4 Å². The van der Waals surface area contributed by atoms with E-state index in [0.29, 0.717) is 22.0 Å². The van der Waals surface area contributed by atoms with E-state index >= 15 is 0 Å². The molecule has 2 aliphatic heterocycles. The molecule has 9 heteroatoms. The molecule has 4 rings (SSSR count). The van der Waals surface area contributed by atoms with Crippen molar-refractivity contribution in [1.82, 2.24) is 4.90 Å². The van der Waals surface area contributed by atoms with Gasteiger partial charge in [0.05, 0.1) is 28.9 Å². The topological polar surface area (TPSA) is 80.2 Å². The van der Waals surface area contributed by atoms with Crippen LogP contribution in [-0.2, 0) is 14.3 Å². The summed E-state index contributed by atoms with van der Waals surface area (Å²) in [5, 5.41) is 5.89. The molecule has 0 aromatic heterocycles. The first kappa shape index (κ1) is 24.9. The van der Waals surface area contributed by atoms with Gasteiger partial charge in [0.2, 0.25) is 0 Å². The molecular weight excluding hydrogens is 486 g/mol. The number of nitrogens with zero attached hydrogens (tertiary/aromatic N) is 2. The molecular formula is C26H26ClN3O4S. The van der Waals surface area contributed by atoms with Crippen LogP contribution in [0.1, 0.15) is 36.6 Å². The Morgan fingerprint density at radius 2 is 1.97 bits per heavy atom. The molecule has 0 unspecified atom stereocenters. The predicted molar refractivity (Wildman–Crippen MR) is 140 cm³/mol. The Balaban J connectivity index is 1.51. The Morgan fingerprint density at radius 3 is 2.69 bits per heavy atom. The lowest BCUT2D eigenvalue weighted by molar-refractivity contribution is -0.139. The van der Waals surface area contributed by atoms with Crippen LogP contribution in [0, 0.1) is 13.8 Å². The van der Waals surface area contributed by atoms with E-state index in [9.17, 15) is 9.59 Å². The third-order valence-corrected chi connectivity index (χ3v) is 6.67. The van der Waals surface area contributed by atoms with Gasteiger partial charge in [-0.25, -0.2) is 9.79 Å². The number of amidine groups is 1. The number of amides is 1. The van der Waals surface area contributed by atoms with Gasteiger partial charge in [0.1, 0.15) is 5.75 Å². The van der Waals surface area contributed by atoms with Crippen molar-refractivity contribution in [2.75, 3.05) is 18.5 Å². The third kappa shape index (κ3) is 5.39. The summed E-state index contributed by atoms with van der Waals surface area (Å²) < 4.78 is 11.0. The molecule has 182 valence electrons. The van der Waals surface area contributed by atoms with Crippen LogP contribution in [0.15, 0.2) is 64.3 Å². The summed E-state index contributed by atoms with van der Waals surface area (Å²) in [5.74, 6) is -0.323. The average Bonchev–Trinajstić information content (AvgIpc) is 3.27. The van der Waals surface area contributed by atoms with Gasteiger partial charge >= 0.3 is 5.97 Å². The number of allylic oxidation sites excluding steroid dienone is 1. The normalized spacial score (nSPS) is 16.7. The van der Waals surface area contributed by atoms with E-state index in [2.05, 4.69) is 10.3 Å². The zero-order valence-electron chi connectivity index (χ0n) is 19.9. The van der Waals surface area contributed by atoms with Gasteiger partial charge in [0.25, 0.3) is 5.91 Å². The molecule has 0 saturated carbocycles. The number of esters is 1. The summed E-state index contributed by atoms with van der Waals surface area (Å²) in [5.41, 5.74) is 4.69. The first-order valence-corrected chi connectivity index (χ1v) is 12.4. The van der Waals surface area contributed by atoms with Crippen molar-refractivity contribution in [2.24, 2.45) is 4.99 Å². The Kier molecular flexibility index (Phi) is 7.52. The molecule has 35 heavy (non-hydrogen) atoms. The van der Waals surface area contributed by atoms with E-state index < -0.39 is 12.0 Å². The molecule has 2 aromatic carbocycles. The molecule has 7 nitrogen and oxygen atoms in total. The van der Waals surface area contributed by atoms with Gasteiger partial charge in [-0.3, -0.25) is 4.79 Å². The molecule has 0 spiro atoms. The first-order valence-electron chi connectivity index (χ1n) is 11.2. The lowest BCUT2D eigenvalue weighted by Gasteiger charge is -2.33. The van der Waals surface area contributed by atoms with Crippen molar-refractivity contribution in [1.29, 1.82) is 0 Å². The number of thioether (sulfide) groups is 1. The number of anilines is 1. The van der Waals surface area contributed by atoms with Gasteiger partial charge in [-0.1, -0.05) is 47.1 Å². The van der Waals surface area contributed by atoms with Gasteiger partial charge in [0, 0.05) is 11.9 Å². The van der Waals surface area contributed by atoms with E-state index in [1.54, 1.807) is 26.0 Å². The van der Waals surface area contributed by atoms with Gasteiger partial charge < -0.3 is 19.7 Å². The molecule has 0 saturated heterocycles. The highest BCUT2D eigenvalue weighted by Crippen LogP contribution is 2.42. The van der Waals surface area contributed by atoms with E-state index in [1.807, 2.05) is 54.6 Å². The maximum absolute atomic E-state index is 12.8. The minimum absolute atomic E-state index is 0.189. The number of fused-ring (bicyclic) bond motifs is 1. The number of aliphatic imine (C=N–C) groups is 1. The van der Waals surface area contributed by atoms with E-state index in [-0.39, 0.29) is 19.1 Å². The van der Waals surface area contributed by atoms with Gasteiger partial charge in [-0.2, -0.15) is 0 Å². The minimum Gasteiger partial charge on any atom is -0.482 e. The largest absolute Gasteiger partial charge is 0.482 e. The quantitative estimate of drug-likeness (QED) is 0.477. The van der Waals surface area contributed by atoms with Crippen molar-refractivity contribution < 1.29 is 19.1 Å². The number of hydrogen-bond acceptors (Lipinski definition) is 7. The highest BCUT2D eigenvalue weighted by Gasteiger charge is 2.37. The lowest BCUT2D eigenvalue weighted by Crippen LogP contribution is -2.34. The van der Waals surface area contributed by atoms with Crippen molar-refractivity contribution in [3.05, 3.63) is 81.0 Å². The first-order chi connectivity index (χ1) is 16.8. The minimum atomic E-state index is -0.438. The highest BCUT2D eigenvalue weighted by atomic mass is 35.5. The van der Waals surface area contributed by atoms with Crippen LogP contribution in [0.2, 0.25) is 5.02 Å². The van der Waals surface area contributed by atoms with E-state index in [1.165, 1.54) is 11.8 Å². The third-order valence-electron chi connectivity index (χ3n) is 5.60. The second-order valence-corrected chi connectivity index (χ2v) is 9.45. The van der Waals surface area contributed by atoms with Crippen LogP contribution in [0.5, 0.6) is 5.75 Å². The number of carbonyl (C=O) groups is 2. The number of ether oxygens (including phenoxy) is 2. The van der Waals surface area contributed by atoms with E-state index in [4.69, 9.17) is 21.1 Å². The van der Waals surface area contributed by atoms with Crippen molar-refractivity contribution in [2.45, 2.75) is 33.7 Å². The number of halogens is 1. The summed E-state index contributed by atoms with van der Waals surface area (Å²) in [6, 6.07) is 10.7. The number of rotatable bonds is 7. The standard InChI is InChI=1S/C26H26ClN3O4S/c1-5-33-25(32)23-17(4)28-26-30(10-11-35-26)24(23)18-7-9-21(19(27)13-18)34-14-22(31)29-20-8-6-15(2)12-16(20)3/h6-13,24H,5,14H2,1-4H3,(H,29,31)/t24-/m1/s1. The van der Waals surface area contributed by atoms with Crippen molar-refractivity contribution in [3.8, 4) is 5.75 Å². The fourth-order valence-electron chi connectivity index (χ4n) is 3.99. The average molecular weight is 512 g/mol. The lowest BCUT2D eigenvalue weighted by atomic mass is 9.95. The molecule has 0 fully saturated rings. The molecule has 0 aliphatic carbocycles. The SMILES string of the molecule is CCOC(=O)C1=C(C)N=C2SC=CN2[C@@H]1c1ccc(OCC(=O)Nc2ccc(C)cc2C)c(Cl)c1. The summed E-state index contributed by atoms with van der Waals surface area (Å²) in [7, 11) is 0. The fourth-order valence-corrected chi connectivity index (χ4v) is 5.02. The molecule has 2 heterocycles. The number of nitrogens with one attached hydrogen (secondary N) is 1. The molecule has 1 amide bonds. The summed E-state index contributed by atoms with van der Waals surface area (Å²) >= 11 is 8.03. The number of aryl methyl sites for hydroxylation is 2. The smallest absolute Gasteiger partial charge is 0.338 e. The Morgan fingerprint density at radius 1 is 1.17 bits per heavy atom. The van der Waals surface area contributed by atoms with Crippen LogP contribution < -0.4 is 10.1 Å². The Bertz CT molecular complexity index is 1270. The maximum atomic E-state index is 12.8. The van der Waals surface area contributed by atoms with Crippen molar-refractivity contribution >= 4 is 46.1 Å². The van der Waals surface area contributed by atoms with Crippen LogP contribution in [0.4, 0.5) is 5.69 Å². The van der Waals surface area contributed by atoms with Crippen LogP contribution in [-0.4, -0.2) is 35.2 Å².